The van der Waals surface area contributed by atoms with Gasteiger partial charge in [0.05, 0.1) is 11.9 Å². The van der Waals surface area contributed by atoms with E-state index in [9.17, 15) is 13.2 Å². The van der Waals surface area contributed by atoms with Gasteiger partial charge in [-0.2, -0.15) is 4.31 Å². The Labute approximate surface area is 174 Å². The predicted molar refractivity (Wildman–Crippen MR) is 116 cm³/mol. The molecule has 4 rings (SSSR count). The number of aromatic nitrogens is 1. The smallest absolute Gasteiger partial charge is 0.244 e. The molecule has 1 unspecified atom stereocenters. The van der Waals surface area contributed by atoms with Gasteiger partial charge in [-0.3, -0.25) is 4.79 Å². The predicted octanol–water partition coefficient (Wildman–Crippen LogP) is 3.84. The summed E-state index contributed by atoms with van der Waals surface area (Å²) >= 11 is 1.33. The van der Waals surface area contributed by atoms with Gasteiger partial charge in [-0.05, 0) is 24.0 Å². The largest absolute Gasteiger partial charge is 0.301 e. The van der Waals surface area contributed by atoms with Gasteiger partial charge in [-0.15, -0.1) is 11.3 Å². The van der Waals surface area contributed by atoms with Crippen molar-refractivity contribution in [3.8, 4) is 22.4 Å². The first-order valence-corrected chi connectivity index (χ1v) is 12.0. The number of nitrogens with zero attached hydrogens (tertiary/aromatic N) is 2. The standard InChI is InChI=1S/C21H21N3O3S2/c1-29(26,27)24-13-5-8-19(24)20(25)23-21-22-18(14-28-21)17-11-9-16(10-12-17)15-6-3-2-4-7-15/h2-4,6-7,9-12,14,19H,5,8,13H2,1H3,(H,22,23,25). The third kappa shape index (κ3) is 4.39. The summed E-state index contributed by atoms with van der Waals surface area (Å²) in [4.78, 5) is 17.1. The molecule has 1 aromatic heterocycles. The van der Waals surface area contributed by atoms with Crippen LogP contribution in [0.2, 0.25) is 0 Å². The number of carbonyl (C=O) groups is 1. The third-order valence-electron chi connectivity index (χ3n) is 4.95. The fraction of sp³-hybridized carbons (Fsp3) is 0.238. The maximum Gasteiger partial charge on any atom is 0.244 e. The number of benzene rings is 2. The van der Waals surface area contributed by atoms with Crippen LogP contribution in [0, 0.1) is 0 Å². The summed E-state index contributed by atoms with van der Waals surface area (Å²) in [5.41, 5.74) is 4.01. The fourth-order valence-corrected chi connectivity index (χ4v) is 5.36. The van der Waals surface area contributed by atoms with Gasteiger partial charge >= 0.3 is 0 Å². The molecule has 0 bridgehead atoms. The summed E-state index contributed by atoms with van der Waals surface area (Å²) in [5.74, 6) is -0.326. The SMILES string of the molecule is CS(=O)(=O)N1CCCC1C(=O)Nc1nc(-c2ccc(-c3ccccc3)cc2)cs1. The molecule has 2 heterocycles. The molecule has 0 aliphatic carbocycles. The minimum Gasteiger partial charge on any atom is -0.301 e. The van der Waals surface area contributed by atoms with E-state index in [2.05, 4.69) is 22.4 Å². The molecule has 1 N–H and O–H groups in total. The lowest BCUT2D eigenvalue weighted by Crippen LogP contribution is -2.42. The van der Waals surface area contributed by atoms with Crippen molar-refractivity contribution >= 4 is 32.4 Å². The quantitative estimate of drug-likeness (QED) is 0.671. The van der Waals surface area contributed by atoms with E-state index in [0.29, 0.717) is 24.5 Å². The monoisotopic (exact) mass is 427 g/mol. The van der Waals surface area contributed by atoms with Crippen LogP contribution in [-0.2, 0) is 14.8 Å². The zero-order valence-electron chi connectivity index (χ0n) is 15.9. The Hall–Kier alpha value is -2.55. The summed E-state index contributed by atoms with van der Waals surface area (Å²) < 4.78 is 25.0. The Morgan fingerprint density at radius 1 is 1.07 bits per heavy atom. The van der Waals surface area contributed by atoms with Gasteiger partial charge < -0.3 is 5.32 Å². The molecule has 0 radical (unpaired) electrons. The number of rotatable bonds is 5. The van der Waals surface area contributed by atoms with Gasteiger partial charge in [-0.25, -0.2) is 13.4 Å². The van der Waals surface area contributed by atoms with Gasteiger partial charge in [0.2, 0.25) is 15.9 Å². The number of anilines is 1. The first kappa shape index (κ1) is 19.8. The molecule has 0 spiro atoms. The summed E-state index contributed by atoms with van der Waals surface area (Å²) in [6, 6.07) is 17.6. The number of nitrogens with one attached hydrogen (secondary N) is 1. The van der Waals surface area contributed by atoms with Crippen molar-refractivity contribution in [2.45, 2.75) is 18.9 Å². The van der Waals surface area contributed by atoms with Crippen LogP contribution in [0.3, 0.4) is 0 Å². The number of hydrogen-bond acceptors (Lipinski definition) is 5. The van der Waals surface area contributed by atoms with Gasteiger partial charge in [0.25, 0.3) is 0 Å². The average Bonchev–Trinajstić information content (AvgIpc) is 3.38. The average molecular weight is 428 g/mol. The zero-order chi connectivity index (χ0) is 20.4. The maximum absolute atomic E-state index is 12.6. The number of thiazole rings is 1. The highest BCUT2D eigenvalue weighted by Gasteiger charge is 2.36. The lowest BCUT2D eigenvalue weighted by atomic mass is 10.0. The Morgan fingerprint density at radius 2 is 1.72 bits per heavy atom. The Bertz CT molecular complexity index is 1110. The maximum atomic E-state index is 12.6. The molecular formula is C21H21N3O3S2. The fourth-order valence-electron chi connectivity index (χ4n) is 3.52. The van der Waals surface area contributed by atoms with Crippen LogP contribution in [0.5, 0.6) is 0 Å². The van der Waals surface area contributed by atoms with Crippen molar-refractivity contribution in [3.05, 3.63) is 60.0 Å². The number of carbonyl (C=O) groups excluding carboxylic acids is 1. The van der Waals surface area contributed by atoms with Gasteiger partial charge in [0, 0.05) is 17.5 Å². The van der Waals surface area contributed by atoms with Crippen LogP contribution in [-0.4, -0.2) is 42.5 Å². The Morgan fingerprint density at radius 3 is 2.41 bits per heavy atom. The molecule has 150 valence electrons. The zero-order valence-corrected chi connectivity index (χ0v) is 17.5. The highest BCUT2D eigenvalue weighted by atomic mass is 32.2. The number of hydrogen-bond donors (Lipinski definition) is 1. The molecule has 6 nitrogen and oxygen atoms in total. The molecule has 1 saturated heterocycles. The molecule has 8 heteroatoms. The topological polar surface area (TPSA) is 79.4 Å². The van der Waals surface area contributed by atoms with Crippen LogP contribution < -0.4 is 5.32 Å². The van der Waals surface area contributed by atoms with E-state index in [-0.39, 0.29) is 5.91 Å². The van der Waals surface area contributed by atoms with Crippen molar-refractivity contribution in [2.75, 3.05) is 18.1 Å². The summed E-state index contributed by atoms with van der Waals surface area (Å²) in [6.07, 6.45) is 2.35. The normalized spacial score (nSPS) is 17.3. The highest BCUT2D eigenvalue weighted by Crippen LogP contribution is 2.28. The molecule has 0 saturated carbocycles. The molecule has 1 aliphatic rings. The van der Waals surface area contributed by atoms with Crippen molar-refractivity contribution < 1.29 is 13.2 Å². The van der Waals surface area contributed by atoms with Crippen LogP contribution in [0.1, 0.15) is 12.8 Å². The minimum atomic E-state index is -3.40. The first-order valence-electron chi connectivity index (χ1n) is 9.31. The molecular weight excluding hydrogens is 406 g/mol. The second-order valence-corrected chi connectivity index (χ2v) is 9.80. The first-order chi connectivity index (χ1) is 13.9. The minimum absolute atomic E-state index is 0.326. The molecule has 1 amide bonds. The Balaban J connectivity index is 1.47. The van der Waals surface area contributed by atoms with Crippen molar-refractivity contribution in [2.24, 2.45) is 0 Å². The molecule has 1 atom stereocenters. The van der Waals surface area contributed by atoms with E-state index in [4.69, 9.17) is 0 Å². The van der Waals surface area contributed by atoms with E-state index in [1.807, 2.05) is 47.8 Å². The number of amides is 1. The molecule has 2 aromatic carbocycles. The van der Waals surface area contributed by atoms with Crippen molar-refractivity contribution in [1.82, 2.24) is 9.29 Å². The van der Waals surface area contributed by atoms with Crippen LogP contribution in [0.15, 0.2) is 60.0 Å². The van der Waals surface area contributed by atoms with Crippen LogP contribution >= 0.6 is 11.3 Å². The highest BCUT2D eigenvalue weighted by molar-refractivity contribution is 7.88. The second kappa shape index (κ2) is 8.06. The van der Waals surface area contributed by atoms with Crippen molar-refractivity contribution in [3.63, 3.8) is 0 Å². The Kier molecular flexibility index (Phi) is 5.49. The third-order valence-corrected chi connectivity index (χ3v) is 7.00. The van der Waals surface area contributed by atoms with E-state index in [1.54, 1.807) is 0 Å². The summed E-state index contributed by atoms with van der Waals surface area (Å²) in [6.45, 7) is 0.383. The summed E-state index contributed by atoms with van der Waals surface area (Å²) in [5, 5.41) is 5.13. The van der Waals surface area contributed by atoms with Gasteiger partial charge in [-0.1, -0.05) is 54.6 Å². The van der Waals surface area contributed by atoms with Crippen LogP contribution in [0.25, 0.3) is 22.4 Å². The van der Waals surface area contributed by atoms with Gasteiger partial charge in [0.1, 0.15) is 6.04 Å². The van der Waals surface area contributed by atoms with E-state index in [0.717, 1.165) is 28.6 Å². The molecule has 1 fully saturated rings. The number of sulfonamides is 1. The molecule has 1 aliphatic heterocycles. The van der Waals surface area contributed by atoms with Crippen LogP contribution in [0.4, 0.5) is 5.13 Å². The summed E-state index contributed by atoms with van der Waals surface area (Å²) in [7, 11) is -3.40. The van der Waals surface area contributed by atoms with E-state index in [1.165, 1.54) is 15.6 Å². The van der Waals surface area contributed by atoms with E-state index < -0.39 is 16.1 Å². The second-order valence-electron chi connectivity index (χ2n) is 7.00. The van der Waals surface area contributed by atoms with Crippen molar-refractivity contribution in [1.29, 1.82) is 0 Å². The molecule has 29 heavy (non-hydrogen) atoms. The van der Waals surface area contributed by atoms with Gasteiger partial charge in [0.15, 0.2) is 5.13 Å². The lowest BCUT2D eigenvalue weighted by Gasteiger charge is -2.20. The van der Waals surface area contributed by atoms with E-state index >= 15 is 0 Å². The molecule has 3 aromatic rings. The lowest BCUT2D eigenvalue weighted by molar-refractivity contribution is -0.119.